The van der Waals surface area contributed by atoms with Gasteiger partial charge in [0, 0.05) is 29.8 Å². The molecule has 2 rings (SSSR count). The molecule has 0 aromatic carbocycles. The molecule has 0 unspecified atom stereocenters. The zero-order valence-electron chi connectivity index (χ0n) is 11.1. The Hall–Kier alpha value is -1.10. The fourth-order valence-electron chi connectivity index (χ4n) is 2.55. The Kier molecular flexibility index (Phi) is 4.80. The van der Waals surface area contributed by atoms with Crippen molar-refractivity contribution < 1.29 is 4.79 Å². The van der Waals surface area contributed by atoms with Crippen LogP contribution >= 0.6 is 15.9 Å². The summed E-state index contributed by atoms with van der Waals surface area (Å²) in [7, 11) is 1.85. The van der Waals surface area contributed by atoms with Gasteiger partial charge in [-0.25, -0.2) is 0 Å². The second-order valence-corrected chi connectivity index (χ2v) is 6.03. The first-order chi connectivity index (χ1) is 9.08. The molecule has 1 aliphatic rings. The summed E-state index contributed by atoms with van der Waals surface area (Å²) in [5, 5.41) is 0. The smallest absolute Gasteiger partial charge is 0.251 e. The lowest BCUT2D eigenvalue weighted by Gasteiger charge is -2.31. The zero-order valence-corrected chi connectivity index (χ0v) is 12.7. The third-order valence-corrected chi connectivity index (χ3v) is 4.24. The monoisotopic (exact) mass is 326 g/mol. The average Bonchev–Trinajstić information content (AvgIpc) is 2.43. The molecule has 0 radical (unpaired) electrons. The molecule has 1 fully saturated rings. The quantitative estimate of drug-likeness (QED) is 0.856. The van der Waals surface area contributed by atoms with Crippen LogP contribution in [0.25, 0.3) is 0 Å². The van der Waals surface area contributed by atoms with E-state index in [0.717, 1.165) is 17.3 Å². The number of nitrogens with zero attached hydrogens (tertiary/aromatic N) is 2. The predicted octanol–water partition coefficient (Wildman–Crippen LogP) is 2.40. The lowest BCUT2D eigenvalue weighted by molar-refractivity contribution is -0.133. The molecule has 1 aromatic rings. The van der Waals surface area contributed by atoms with Gasteiger partial charge in [-0.05, 0) is 34.8 Å². The summed E-state index contributed by atoms with van der Waals surface area (Å²) in [4.78, 5) is 25.7. The second kappa shape index (κ2) is 6.37. The number of rotatable bonds is 3. The van der Waals surface area contributed by atoms with Crippen molar-refractivity contribution in [2.24, 2.45) is 0 Å². The standard InChI is InChI=1S/C14H19BrN2O2/c1-16(12-5-3-2-4-6-12)14(19)10-17-9-11(15)7-8-13(17)18/h7-9,12H,2-6,10H2,1H3. The number of aromatic nitrogens is 1. The first-order valence-corrected chi connectivity index (χ1v) is 7.49. The topological polar surface area (TPSA) is 42.3 Å². The molecular formula is C14H19BrN2O2. The Morgan fingerprint density at radius 1 is 1.37 bits per heavy atom. The Bertz CT molecular complexity index is 506. The van der Waals surface area contributed by atoms with Crippen LogP contribution in [0, 0.1) is 0 Å². The maximum atomic E-state index is 12.2. The molecule has 1 heterocycles. The molecule has 0 bridgehead atoms. The molecule has 1 amide bonds. The molecule has 0 atom stereocenters. The maximum absolute atomic E-state index is 12.2. The van der Waals surface area contributed by atoms with Crippen molar-refractivity contribution in [2.45, 2.75) is 44.7 Å². The van der Waals surface area contributed by atoms with Crippen LogP contribution in [-0.2, 0) is 11.3 Å². The van der Waals surface area contributed by atoms with Gasteiger partial charge >= 0.3 is 0 Å². The van der Waals surface area contributed by atoms with Crippen molar-refractivity contribution in [2.75, 3.05) is 7.05 Å². The van der Waals surface area contributed by atoms with E-state index >= 15 is 0 Å². The van der Waals surface area contributed by atoms with Crippen LogP contribution in [0.3, 0.4) is 0 Å². The van der Waals surface area contributed by atoms with E-state index in [4.69, 9.17) is 0 Å². The minimum atomic E-state index is -0.145. The Labute approximate surface area is 121 Å². The molecule has 0 saturated heterocycles. The second-order valence-electron chi connectivity index (χ2n) is 5.11. The SMILES string of the molecule is CN(C(=O)Cn1cc(Br)ccc1=O)C1CCCCC1. The van der Waals surface area contributed by atoms with Gasteiger partial charge in [-0.3, -0.25) is 9.59 Å². The number of amides is 1. The van der Waals surface area contributed by atoms with Crippen LogP contribution in [-0.4, -0.2) is 28.5 Å². The van der Waals surface area contributed by atoms with Crippen LogP contribution in [0.5, 0.6) is 0 Å². The summed E-state index contributed by atoms with van der Waals surface area (Å²) in [5.41, 5.74) is -0.145. The molecule has 19 heavy (non-hydrogen) atoms. The van der Waals surface area contributed by atoms with Gasteiger partial charge in [0.15, 0.2) is 0 Å². The number of hydrogen-bond acceptors (Lipinski definition) is 2. The number of pyridine rings is 1. The van der Waals surface area contributed by atoms with Gasteiger partial charge in [-0.1, -0.05) is 19.3 Å². The first kappa shape index (κ1) is 14.3. The molecule has 104 valence electrons. The van der Waals surface area contributed by atoms with Gasteiger partial charge in [0.05, 0.1) is 0 Å². The molecule has 0 aliphatic heterocycles. The number of carbonyl (C=O) groups excluding carboxylic acids is 1. The molecule has 4 nitrogen and oxygen atoms in total. The van der Waals surface area contributed by atoms with Gasteiger partial charge in [0.25, 0.3) is 5.56 Å². The van der Waals surface area contributed by atoms with Crippen molar-refractivity contribution >= 4 is 21.8 Å². The van der Waals surface area contributed by atoms with Crippen LogP contribution in [0.4, 0.5) is 0 Å². The summed E-state index contributed by atoms with van der Waals surface area (Å²) in [6.07, 6.45) is 7.47. The third kappa shape index (κ3) is 3.69. The zero-order chi connectivity index (χ0) is 13.8. The largest absolute Gasteiger partial charge is 0.341 e. The van der Waals surface area contributed by atoms with Crippen LogP contribution in [0.1, 0.15) is 32.1 Å². The highest BCUT2D eigenvalue weighted by molar-refractivity contribution is 9.10. The lowest BCUT2D eigenvalue weighted by Crippen LogP contribution is -2.41. The number of likely N-dealkylation sites (N-methyl/N-ethyl adjacent to an activating group) is 1. The number of carbonyl (C=O) groups is 1. The predicted molar refractivity (Wildman–Crippen MR) is 78.0 cm³/mol. The van der Waals surface area contributed by atoms with E-state index < -0.39 is 0 Å². The molecule has 5 heteroatoms. The highest BCUT2D eigenvalue weighted by atomic mass is 79.9. The van der Waals surface area contributed by atoms with Crippen molar-refractivity contribution in [3.8, 4) is 0 Å². The van der Waals surface area contributed by atoms with E-state index in [-0.39, 0.29) is 18.0 Å². The number of halogens is 1. The van der Waals surface area contributed by atoms with Crippen molar-refractivity contribution in [1.82, 2.24) is 9.47 Å². The molecule has 1 aromatic heterocycles. The fourth-order valence-corrected chi connectivity index (χ4v) is 2.93. The van der Waals surface area contributed by atoms with Crippen LogP contribution < -0.4 is 5.56 Å². The maximum Gasteiger partial charge on any atom is 0.251 e. The molecule has 0 N–H and O–H groups in total. The van der Waals surface area contributed by atoms with Gasteiger partial charge in [-0.15, -0.1) is 0 Å². The Morgan fingerprint density at radius 3 is 2.74 bits per heavy atom. The molecular weight excluding hydrogens is 308 g/mol. The summed E-state index contributed by atoms with van der Waals surface area (Å²) >= 11 is 3.32. The van der Waals surface area contributed by atoms with E-state index in [0.29, 0.717) is 6.04 Å². The summed E-state index contributed by atoms with van der Waals surface area (Å²) < 4.78 is 2.26. The lowest BCUT2D eigenvalue weighted by atomic mass is 9.94. The fraction of sp³-hybridized carbons (Fsp3) is 0.571. The minimum absolute atomic E-state index is 0.00657. The summed E-state index contributed by atoms with van der Waals surface area (Å²) in [6, 6.07) is 3.50. The van der Waals surface area contributed by atoms with Gasteiger partial charge in [0.1, 0.15) is 6.54 Å². The van der Waals surface area contributed by atoms with Crippen LogP contribution in [0.15, 0.2) is 27.6 Å². The minimum Gasteiger partial charge on any atom is -0.341 e. The first-order valence-electron chi connectivity index (χ1n) is 6.69. The molecule has 1 saturated carbocycles. The van der Waals surface area contributed by atoms with Crippen molar-refractivity contribution in [3.05, 3.63) is 33.2 Å². The normalized spacial score (nSPS) is 16.3. The Balaban J connectivity index is 2.03. The van der Waals surface area contributed by atoms with E-state index in [2.05, 4.69) is 15.9 Å². The highest BCUT2D eigenvalue weighted by Crippen LogP contribution is 2.21. The molecule has 0 spiro atoms. The van der Waals surface area contributed by atoms with E-state index in [9.17, 15) is 9.59 Å². The highest BCUT2D eigenvalue weighted by Gasteiger charge is 2.22. The average molecular weight is 327 g/mol. The van der Waals surface area contributed by atoms with Gasteiger partial charge < -0.3 is 9.47 Å². The van der Waals surface area contributed by atoms with Crippen molar-refractivity contribution in [3.63, 3.8) is 0 Å². The third-order valence-electron chi connectivity index (χ3n) is 3.77. The summed E-state index contributed by atoms with van der Waals surface area (Å²) in [6.45, 7) is 0.116. The van der Waals surface area contributed by atoms with E-state index in [1.807, 2.05) is 11.9 Å². The van der Waals surface area contributed by atoms with Crippen LogP contribution in [0.2, 0.25) is 0 Å². The van der Waals surface area contributed by atoms with E-state index in [1.165, 1.54) is 29.9 Å². The number of hydrogen-bond donors (Lipinski definition) is 0. The molecule has 1 aliphatic carbocycles. The van der Waals surface area contributed by atoms with E-state index in [1.54, 1.807) is 12.3 Å². The van der Waals surface area contributed by atoms with Gasteiger partial charge in [-0.2, -0.15) is 0 Å². The summed E-state index contributed by atoms with van der Waals surface area (Å²) in [5.74, 6) is 0.00657. The van der Waals surface area contributed by atoms with Crippen molar-refractivity contribution in [1.29, 1.82) is 0 Å². The van der Waals surface area contributed by atoms with Gasteiger partial charge in [0.2, 0.25) is 5.91 Å². The Morgan fingerprint density at radius 2 is 2.05 bits per heavy atom.